The van der Waals surface area contributed by atoms with E-state index in [1.807, 2.05) is 11.8 Å². The highest BCUT2D eigenvalue weighted by Gasteiger charge is 2.48. The molecule has 104 valence electrons. The maximum Gasteiger partial charge on any atom is 0.303 e. The maximum absolute atomic E-state index is 10.9. The molecule has 1 saturated carbocycles. The summed E-state index contributed by atoms with van der Waals surface area (Å²) in [6.07, 6.45) is 5.66. The summed E-state index contributed by atoms with van der Waals surface area (Å²) < 4.78 is 6.28. The molecule has 0 aromatic carbocycles. The van der Waals surface area contributed by atoms with Crippen molar-refractivity contribution in [3.05, 3.63) is 0 Å². The number of carboxylic acids is 1. The normalized spacial score (nSPS) is 40.2. The largest absolute Gasteiger partial charge is 0.481 e. The van der Waals surface area contributed by atoms with Crippen molar-refractivity contribution in [3.63, 3.8) is 0 Å². The molecule has 0 radical (unpaired) electrons. The molecule has 1 N–H and O–H groups in total. The predicted molar refractivity (Wildman–Crippen MR) is 77.3 cm³/mol. The van der Waals surface area contributed by atoms with Crippen molar-refractivity contribution in [2.45, 2.75) is 61.7 Å². The summed E-state index contributed by atoms with van der Waals surface area (Å²) in [4.78, 5) is 10.7. The van der Waals surface area contributed by atoms with Crippen LogP contribution in [0, 0.1) is 5.92 Å². The molecular weight excluding hydrogens is 268 g/mol. The van der Waals surface area contributed by atoms with E-state index in [0.29, 0.717) is 5.25 Å². The number of aliphatic carboxylic acids is 1. The lowest BCUT2D eigenvalue weighted by atomic mass is 9.84. The standard InChI is InChI=1S/C13H22O3S2/c1-2-10-11(8-17)18-13(16-10)5-3-4-9(7-13)6-12(14)15/h9-11,17H,2-8H2,1H3,(H,14,15). The Hall–Kier alpha value is 0.130. The Kier molecular flexibility index (Phi) is 4.89. The molecule has 1 aliphatic heterocycles. The molecule has 1 spiro atoms. The monoisotopic (exact) mass is 290 g/mol. The summed E-state index contributed by atoms with van der Waals surface area (Å²) in [5.41, 5.74) is 0. The van der Waals surface area contributed by atoms with Gasteiger partial charge in [0.15, 0.2) is 0 Å². The Morgan fingerprint density at radius 3 is 2.94 bits per heavy atom. The second kappa shape index (κ2) is 6.06. The summed E-state index contributed by atoms with van der Waals surface area (Å²) in [5, 5.41) is 9.39. The van der Waals surface area contributed by atoms with Gasteiger partial charge in [0.2, 0.25) is 0 Å². The first kappa shape index (κ1) is 14.5. The van der Waals surface area contributed by atoms with Gasteiger partial charge in [-0.3, -0.25) is 4.79 Å². The molecule has 3 nitrogen and oxygen atoms in total. The summed E-state index contributed by atoms with van der Waals surface area (Å²) in [6.45, 7) is 2.15. The van der Waals surface area contributed by atoms with Gasteiger partial charge in [-0.2, -0.15) is 12.6 Å². The minimum absolute atomic E-state index is 0.119. The maximum atomic E-state index is 10.9. The van der Waals surface area contributed by atoms with E-state index >= 15 is 0 Å². The first-order chi connectivity index (χ1) is 8.58. The fourth-order valence-corrected chi connectivity index (χ4v) is 5.43. The van der Waals surface area contributed by atoms with Gasteiger partial charge < -0.3 is 9.84 Å². The summed E-state index contributed by atoms with van der Waals surface area (Å²) >= 11 is 6.32. The third-order valence-electron chi connectivity index (χ3n) is 3.96. The second-order valence-corrected chi connectivity index (χ2v) is 7.32. The van der Waals surface area contributed by atoms with Crippen molar-refractivity contribution in [1.82, 2.24) is 0 Å². The lowest BCUT2D eigenvalue weighted by Gasteiger charge is -2.36. The Labute approximate surface area is 118 Å². The van der Waals surface area contributed by atoms with Crippen LogP contribution in [0.15, 0.2) is 0 Å². The van der Waals surface area contributed by atoms with Crippen LogP contribution in [0.5, 0.6) is 0 Å². The average Bonchev–Trinajstić information content (AvgIpc) is 2.66. The number of thiol groups is 1. The van der Waals surface area contributed by atoms with Crippen molar-refractivity contribution < 1.29 is 14.6 Å². The Morgan fingerprint density at radius 1 is 1.61 bits per heavy atom. The Bertz CT molecular complexity index is 297. The van der Waals surface area contributed by atoms with Crippen LogP contribution in [0.3, 0.4) is 0 Å². The highest BCUT2D eigenvalue weighted by molar-refractivity contribution is 8.02. The topological polar surface area (TPSA) is 46.5 Å². The van der Waals surface area contributed by atoms with Crippen molar-refractivity contribution in [1.29, 1.82) is 0 Å². The lowest BCUT2D eigenvalue weighted by Crippen LogP contribution is -2.34. The fraction of sp³-hybridized carbons (Fsp3) is 0.923. The van der Waals surface area contributed by atoms with Crippen LogP contribution in [0.2, 0.25) is 0 Å². The van der Waals surface area contributed by atoms with E-state index in [9.17, 15) is 4.79 Å². The zero-order chi connectivity index (χ0) is 13.2. The molecule has 4 unspecified atom stereocenters. The number of carboxylic acid groups (broad SMARTS) is 1. The molecule has 0 bridgehead atoms. The summed E-state index contributed by atoms with van der Waals surface area (Å²) in [7, 11) is 0. The van der Waals surface area contributed by atoms with E-state index in [1.165, 1.54) is 0 Å². The van der Waals surface area contributed by atoms with Gasteiger partial charge in [-0.25, -0.2) is 0 Å². The molecule has 18 heavy (non-hydrogen) atoms. The zero-order valence-electron chi connectivity index (χ0n) is 10.8. The molecule has 0 amide bonds. The first-order valence-corrected chi connectivity index (χ1v) is 8.28. The van der Waals surface area contributed by atoms with Gasteiger partial charge in [0.05, 0.1) is 6.10 Å². The third kappa shape index (κ3) is 3.17. The van der Waals surface area contributed by atoms with E-state index in [1.54, 1.807) is 0 Å². The molecule has 4 atom stereocenters. The second-order valence-electron chi connectivity index (χ2n) is 5.37. The van der Waals surface area contributed by atoms with E-state index < -0.39 is 5.97 Å². The van der Waals surface area contributed by atoms with Gasteiger partial charge in [-0.15, -0.1) is 11.8 Å². The van der Waals surface area contributed by atoms with Crippen LogP contribution < -0.4 is 0 Å². The predicted octanol–water partition coefficient (Wildman–Crippen LogP) is 3.19. The van der Waals surface area contributed by atoms with E-state index in [2.05, 4.69) is 19.6 Å². The van der Waals surface area contributed by atoms with Crippen molar-refractivity contribution in [2.75, 3.05) is 5.75 Å². The van der Waals surface area contributed by atoms with Gasteiger partial charge in [-0.1, -0.05) is 6.92 Å². The molecule has 0 aromatic heterocycles. The van der Waals surface area contributed by atoms with Gasteiger partial charge in [0, 0.05) is 17.4 Å². The minimum Gasteiger partial charge on any atom is -0.481 e. The van der Waals surface area contributed by atoms with Crippen LogP contribution in [-0.4, -0.2) is 33.1 Å². The summed E-state index contributed by atoms with van der Waals surface area (Å²) in [5.74, 6) is 0.437. The van der Waals surface area contributed by atoms with Crippen molar-refractivity contribution in [3.8, 4) is 0 Å². The molecule has 1 heterocycles. The van der Waals surface area contributed by atoms with Crippen LogP contribution in [0.4, 0.5) is 0 Å². The minimum atomic E-state index is -0.683. The van der Waals surface area contributed by atoms with Crippen LogP contribution >= 0.6 is 24.4 Å². The quantitative estimate of drug-likeness (QED) is 0.781. The Balaban J connectivity index is 2.01. The molecule has 2 fully saturated rings. The molecular formula is C13H22O3S2. The number of carbonyl (C=O) groups is 1. The summed E-state index contributed by atoms with van der Waals surface area (Å²) in [6, 6.07) is 0. The van der Waals surface area contributed by atoms with Gasteiger partial charge in [-0.05, 0) is 38.0 Å². The number of rotatable bonds is 4. The van der Waals surface area contributed by atoms with Crippen molar-refractivity contribution in [2.24, 2.45) is 5.92 Å². The number of hydrogen-bond donors (Lipinski definition) is 2. The van der Waals surface area contributed by atoms with Crippen LogP contribution in [0.1, 0.15) is 45.4 Å². The van der Waals surface area contributed by atoms with E-state index in [4.69, 9.17) is 9.84 Å². The molecule has 1 saturated heterocycles. The highest BCUT2D eigenvalue weighted by Crippen LogP contribution is 2.52. The first-order valence-electron chi connectivity index (χ1n) is 6.77. The average molecular weight is 290 g/mol. The number of ether oxygens (including phenoxy) is 1. The van der Waals surface area contributed by atoms with Crippen LogP contribution in [0.25, 0.3) is 0 Å². The fourth-order valence-electron chi connectivity index (χ4n) is 3.17. The smallest absolute Gasteiger partial charge is 0.303 e. The SMILES string of the molecule is CCC1OC2(CCCC(CC(=O)O)C2)SC1CS. The van der Waals surface area contributed by atoms with Gasteiger partial charge in [0.1, 0.15) is 4.93 Å². The number of thioether (sulfide) groups is 1. The Morgan fingerprint density at radius 2 is 2.39 bits per heavy atom. The highest BCUT2D eigenvalue weighted by atomic mass is 32.2. The lowest BCUT2D eigenvalue weighted by molar-refractivity contribution is -0.139. The van der Waals surface area contributed by atoms with E-state index in [-0.39, 0.29) is 23.4 Å². The van der Waals surface area contributed by atoms with Crippen molar-refractivity contribution >= 4 is 30.4 Å². The van der Waals surface area contributed by atoms with Gasteiger partial charge >= 0.3 is 5.97 Å². The third-order valence-corrected chi connectivity index (χ3v) is 6.27. The molecule has 1 aliphatic carbocycles. The zero-order valence-corrected chi connectivity index (χ0v) is 12.5. The van der Waals surface area contributed by atoms with E-state index in [0.717, 1.165) is 37.9 Å². The number of hydrogen-bond acceptors (Lipinski definition) is 4. The molecule has 0 aromatic rings. The molecule has 2 aliphatic rings. The van der Waals surface area contributed by atoms with Crippen LogP contribution in [-0.2, 0) is 9.53 Å². The van der Waals surface area contributed by atoms with Gasteiger partial charge in [0.25, 0.3) is 0 Å². The molecule has 5 heteroatoms. The molecule has 2 rings (SSSR count).